The fourth-order valence-corrected chi connectivity index (χ4v) is 3.04. The minimum absolute atomic E-state index is 0.0105. The van der Waals surface area contributed by atoms with Gasteiger partial charge >= 0.3 is 0 Å². The van der Waals surface area contributed by atoms with Crippen molar-refractivity contribution in [2.24, 2.45) is 0 Å². The first-order valence-corrected chi connectivity index (χ1v) is 9.25. The van der Waals surface area contributed by atoms with Gasteiger partial charge in [-0.15, -0.1) is 0 Å². The molecule has 0 radical (unpaired) electrons. The Bertz CT molecular complexity index is 1060. The van der Waals surface area contributed by atoms with Crippen molar-refractivity contribution in [1.82, 2.24) is 15.1 Å². The van der Waals surface area contributed by atoms with E-state index in [1.807, 2.05) is 71.5 Å². The van der Waals surface area contributed by atoms with E-state index >= 15 is 0 Å². The second-order valence-electron chi connectivity index (χ2n) is 6.51. The summed E-state index contributed by atoms with van der Waals surface area (Å²) >= 11 is 0. The van der Waals surface area contributed by atoms with Gasteiger partial charge in [0.15, 0.2) is 6.61 Å². The number of amides is 1. The monoisotopic (exact) mass is 371 g/mol. The summed E-state index contributed by atoms with van der Waals surface area (Å²) in [5.41, 5.74) is 2.17. The average molecular weight is 371 g/mol. The Labute approximate surface area is 163 Å². The van der Waals surface area contributed by atoms with Crippen molar-refractivity contribution >= 4 is 16.7 Å². The van der Waals surface area contributed by atoms with Gasteiger partial charge in [0.2, 0.25) is 0 Å². The molecule has 0 aliphatic carbocycles. The highest BCUT2D eigenvalue weighted by Crippen LogP contribution is 2.20. The number of aromatic nitrogens is 2. The maximum Gasteiger partial charge on any atom is 0.257 e. The van der Waals surface area contributed by atoms with E-state index in [2.05, 4.69) is 22.5 Å². The number of hydrogen-bond acceptors (Lipinski definition) is 3. The predicted octanol–water partition coefficient (Wildman–Crippen LogP) is 3.76. The Balaban J connectivity index is 1.23. The molecule has 4 aromatic rings. The predicted molar refractivity (Wildman–Crippen MR) is 110 cm³/mol. The molecule has 0 saturated carbocycles. The number of nitrogens with zero attached hydrogens (tertiary/aromatic N) is 2. The zero-order valence-electron chi connectivity index (χ0n) is 15.4. The van der Waals surface area contributed by atoms with Gasteiger partial charge in [-0.25, -0.2) is 4.68 Å². The number of nitrogens with one attached hydrogen (secondary N) is 1. The van der Waals surface area contributed by atoms with Crippen LogP contribution in [0.2, 0.25) is 0 Å². The molecule has 0 aliphatic rings. The standard InChI is InChI=1S/C23H21N3O2/c27-23(17-28-22-11-8-19-4-1-2-5-20(19)16-22)24-14-12-18-6-9-21(10-7-18)26-15-3-13-25-26/h1-11,13,15-16H,12,14,17H2,(H,24,27). The van der Waals surface area contributed by atoms with Gasteiger partial charge in [0, 0.05) is 18.9 Å². The first-order chi connectivity index (χ1) is 13.8. The molecule has 140 valence electrons. The molecule has 0 unspecified atom stereocenters. The molecule has 3 aromatic carbocycles. The zero-order chi connectivity index (χ0) is 19.2. The van der Waals surface area contributed by atoms with Crippen LogP contribution < -0.4 is 10.1 Å². The SMILES string of the molecule is O=C(COc1ccc2ccccc2c1)NCCc1ccc(-n2cccn2)cc1. The minimum atomic E-state index is -0.124. The van der Waals surface area contributed by atoms with Crippen molar-refractivity contribution in [3.63, 3.8) is 0 Å². The van der Waals surface area contributed by atoms with Crippen molar-refractivity contribution in [2.45, 2.75) is 6.42 Å². The summed E-state index contributed by atoms with van der Waals surface area (Å²) in [5, 5.41) is 9.36. The van der Waals surface area contributed by atoms with Crippen molar-refractivity contribution in [2.75, 3.05) is 13.2 Å². The maximum atomic E-state index is 12.0. The highest BCUT2D eigenvalue weighted by atomic mass is 16.5. The largest absolute Gasteiger partial charge is 0.484 e. The van der Waals surface area contributed by atoms with Crippen molar-refractivity contribution in [3.8, 4) is 11.4 Å². The molecule has 1 amide bonds. The summed E-state index contributed by atoms with van der Waals surface area (Å²) in [6, 6.07) is 23.9. The molecule has 0 bridgehead atoms. The van der Waals surface area contributed by atoms with Crippen molar-refractivity contribution in [1.29, 1.82) is 0 Å². The summed E-state index contributed by atoms with van der Waals surface area (Å²) < 4.78 is 7.43. The van der Waals surface area contributed by atoms with E-state index in [4.69, 9.17) is 4.74 Å². The van der Waals surface area contributed by atoms with Crippen LogP contribution in [-0.4, -0.2) is 28.8 Å². The third kappa shape index (κ3) is 4.38. The highest BCUT2D eigenvalue weighted by molar-refractivity contribution is 5.84. The van der Waals surface area contributed by atoms with Crippen LogP contribution in [0, 0.1) is 0 Å². The van der Waals surface area contributed by atoms with E-state index in [-0.39, 0.29) is 12.5 Å². The number of ether oxygens (including phenoxy) is 1. The Morgan fingerprint density at radius 1 is 0.964 bits per heavy atom. The number of fused-ring (bicyclic) bond motifs is 1. The van der Waals surface area contributed by atoms with E-state index in [0.717, 1.165) is 28.4 Å². The number of carbonyl (C=O) groups excluding carboxylic acids is 1. The van der Waals surface area contributed by atoms with Gasteiger partial charge in [0.1, 0.15) is 5.75 Å². The van der Waals surface area contributed by atoms with Gasteiger partial charge in [-0.1, -0.05) is 42.5 Å². The number of benzene rings is 3. The lowest BCUT2D eigenvalue weighted by Gasteiger charge is -2.09. The second kappa shape index (κ2) is 8.39. The molecule has 28 heavy (non-hydrogen) atoms. The van der Waals surface area contributed by atoms with Gasteiger partial charge < -0.3 is 10.1 Å². The van der Waals surface area contributed by atoms with Crippen LogP contribution >= 0.6 is 0 Å². The third-order valence-corrected chi connectivity index (χ3v) is 4.53. The van der Waals surface area contributed by atoms with Crippen LogP contribution in [0.15, 0.2) is 85.2 Å². The summed E-state index contributed by atoms with van der Waals surface area (Å²) in [7, 11) is 0. The minimum Gasteiger partial charge on any atom is -0.484 e. The summed E-state index contributed by atoms with van der Waals surface area (Å²) in [6.07, 6.45) is 4.43. The lowest BCUT2D eigenvalue weighted by molar-refractivity contribution is -0.123. The van der Waals surface area contributed by atoms with Crippen molar-refractivity contribution < 1.29 is 9.53 Å². The Morgan fingerprint density at radius 3 is 2.57 bits per heavy atom. The topological polar surface area (TPSA) is 56.1 Å². The third-order valence-electron chi connectivity index (χ3n) is 4.53. The highest BCUT2D eigenvalue weighted by Gasteiger charge is 2.04. The van der Waals surface area contributed by atoms with Gasteiger partial charge in [0.05, 0.1) is 5.69 Å². The smallest absolute Gasteiger partial charge is 0.257 e. The molecule has 5 nitrogen and oxygen atoms in total. The molecular weight excluding hydrogens is 350 g/mol. The lowest BCUT2D eigenvalue weighted by atomic mass is 10.1. The number of carbonyl (C=O) groups is 1. The Morgan fingerprint density at radius 2 is 1.79 bits per heavy atom. The van der Waals surface area contributed by atoms with Crippen LogP contribution in [0.4, 0.5) is 0 Å². The van der Waals surface area contributed by atoms with Gasteiger partial charge in [-0.3, -0.25) is 4.79 Å². The molecule has 5 heteroatoms. The Hall–Kier alpha value is -3.60. The van der Waals surface area contributed by atoms with E-state index in [1.54, 1.807) is 6.20 Å². The molecule has 4 rings (SSSR count). The normalized spacial score (nSPS) is 10.7. The second-order valence-corrected chi connectivity index (χ2v) is 6.51. The molecule has 0 aliphatic heterocycles. The fraction of sp³-hybridized carbons (Fsp3) is 0.130. The Kier molecular flexibility index (Phi) is 5.33. The van der Waals surface area contributed by atoms with Crippen LogP contribution in [0.25, 0.3) is 16.5 Å². The zero-order valence-corrected chi connectivity index (χ0v) is 15.4. The molecule has 0 fully saturated rings. The van der Waals surface area contributed by atoms with Gasteiger partial charge in [-0.05, 0) is 53.1 Å². The van der Waals surface area contributed by atoms with Crippen LogP contribution in [-0.2, 0) is 11.2 Å². The first-order valence-electron chi connectivity index (χ1n) is 9.25. The summed E-state index contributed by atoms with van der Waals surface area (Å²) in [6.45, 7) is 0.581. The fourth-order valence-electron chi connectivity index (χ4n) is 3.04. The molecular formula is C23H21N3O2. The quantitative estimate of drug-likeness (QED) is 0.538. The first kappa shape index (κ1) is 17.8. The lowest BCUT2D eigenvalue weighted by Crippen LogP contribution is -2.30. The summed E-state index contributed by atoms with van der Waals surface area (Å²) in [4.78, 5) is 12.0. The van der Waals surface area contributed by atoms with E-state index in [9.17, 15) is 4.79 Å². The molecule has 1 heterocycles. The van der Waals surface area contributed by atoms with E-state index in [0.29, 0.717) is 12.3 Å². The van der Waals surface area contributed by atoms with E-state index < -0.39 is 0 Å². The van der Waals surface area contributed by atoms with Crippen LogP contribution in [0.5, 0.6) is 5.75 Å². The molecule has 1 aromatic heterocycles. The van der Waals surface area contributed by atoms with Crippen LogP contribution in [0.1, 0.15) is 5.56 Å². The van der Waals surface area contributed by atoms with E-state index in [1.165, 1.54) is 0 Å². The molecule has 0 spiro atoms. The van der Waals surface area contributed by atoms with Crippen LogP contribution in [0.3, 0.4) is 0 Å². The number of hydrogen-bond donors (Lipinski definition) is 1. The van der Waals surface area contributed by atoms with Crippen molar-refractivity contribution in [3.05, 3.63) is 90.8 Å². The molecule has 1 N–H and O–H groups in total. The molecule has 0 saturated heterocycles. The molecule has 0 atom stereocenters. The maximum absolute atomic E-state index is 12.0. The van der Waals surface area contributed by atoms with Gasteiger partial charge in [-0.2, -0.15) is 5.10 Å². The van der Waals surface area contributed by atoms with Gasteiger partial charge in [0.25, 0.3) is 5.91 Å². The number of rotatable bonds is 7. The average Bonchev–Trinajstić information content (AvgIpc) is 3.27. The summed E-state index contributed by atoms with van der Waals surface area (Å²) in [5.74, 6) is 0.574.